The minimum Gasteiger partial charge on any atom is -0.380 e. The second-order valence-corrected chi connectivity index (χ2v) is 5.67. The molecule has 17 heavy (non-hydrogen) atoms. The molecule has 1 aliphatic rings. The Morgan fingerprint density at radius 2 is 2.35 bits per heavy atom. The van der Waals surface area contributed by atoms with Gasteiger partial charge < -0.3 is 10.5 Å². The maximum Gasteiger partial charge on any atom is 0.124 e. The summed E-state index contributed by atoms with van der Waals surface area (Å²) in [4.78, 5) is 1.22. The minimum absolute atomic E-state index is 0.0328. The van der Waals surface area contributed by atoms with Crippen LogP contribution in [0.3, 0.4) is 0 Å². The number of ether oxygens (including phenoxy) is 1. The summed E-state index contributed by atoms with van der Waals surface area (Å²) >= 11 is 1.62. The first-order valence-electron chi connectivity index (χ1n) is 5.62. The maximum absolute atomic E-state index is 13.1. The van der Waals surface area contributed by atoms with Gasteiger partial charge in [-0.1, -0.05) is 6.07 Å². The molecule has 4 heteroatoms. The molecule has 1 aliphatic carbocycles. The fraction of sp³-hybridized carbons (Fsp3) is 0.385. The Labute approximate surface area is 103 Å². The SMILES string of the molecule is CO[C@@H]1C[C@]1(CN)c1cc2ccc(F)cc2s1. The van der Waals surface area contributed by atoms with E-state index in [1.807, 2.05) is 6.07 Å². The quantitative estimate of drug-likeness (QED) is 0.910. The third-order valence-electron chi connectivity index (χ3n) is 3.63. The Morgan fingerprint density at radius 1 is 1.53 bits per heavy atom. The van der Waals surface area contributed by atoms with Crippen molar-refractivity contribution < 1.29 is 9.13 Å². The van der Waals surface area contributed by atoms with Crippen LogP contribution in [0.25, 0.3) is 10.1 Å². The Bertz CT molecular complexity index is 568. The highest BCUT2D eigenvalue weighted by Crippen LogP contribution is 2.52. The van der Waals surface area contributed by atoms with Gasteiger partial charge in [-0.05, 0) is 30.0 Å². The molecule has 0 saturated heterocycles. The molecule has 2 atom stereocenters. The summed E-state index contributed by atoms with van der Waals surface area (Å²) in [5.41, 5.74) is 5.84. The Kier molecular flexibility index (Phi) is 2.47. The van der Waals surface area contributed by atoms with Gasteiger partial charge in [0.25, 0.3) is 0 Å². The van der Waals surface area contributed by atoms with Gasteiger partial charge in [-0.15, -0.1) is 11.3 Å². The smallest absolute Gasteiger partial charge is 0.124 e. The molecular weight excluding hydrogens is 237 g/mol. The minimum atomic E-state index is -0.188. The third-order valence-corrected chi connectivity index (χ3v) is 4.95. The van der Waals surface area contributed by atoms with Crippen molar-refractivity contribution in [2.75, 3.05) is 13.7 Å². The summed E-state index contributed by atoms with van der Waals surface area (Å²) in [7, 11) is 1.72. The Balaban J connectivity index is 2.07. The highest BCUT2D eigenvalue weighted by atomic mass is 32.1. The molecule has 0 spiro atoms. The lowest BCUT2D eigenvalue weighted by molar-refractivity contribution is 0.163. The number of methoxy groups -OCH3 is 1. The van der Waals surface area contributed by atoms with Crippen LogP contribution < -0.4 is 5.73 Å². The highest BCUT2D eigenvalue weighted by Gasteiger charge is 2.56. The summed E-state index contributed by atoms with van der Waals surface area (Å²) in [5, 5.41) is 1.08. The number of thiophene rings is 1. The van der Waals surface area contributed by atoms with E-state index in [1.54, 1.807) is 24.5 Å². The lowest BCUT2D eigenvalue weighted by Crippen LogP contribution is -2.23. The first-order valence-corrected chi connectivity index (χ1v) is 6.44. The number of halogens is 1. The summed E-state index contributed by atoms with van der Waals surface area (Å²) in [6.07, 6.45) is 1.18. The molecule has 1 aromatic carbocycles. The molecule has 1 aromatic heterocycles. The summed E-state index contributed by atoms with van der Waals surface area (Å²) in [6, 6.07) is 7.01. The van der Waals surface area contributed by atoms with E-state index in [-0.39, 0.29) is 17.3 Å². The van der Waals surface area contributed by atoms with Crippen molar-refractivity contribution in [1.29, 1.82) is 0 Å². The van der Waals surface area contributed by atoms with Gasteiger partial charge in [0.05, 0.1) is 6.10 Å². The van der Waals surface area contributed by atoms with Crippen LogP contribution in [0, 0.1) is 5.82 Å². The lowest BCUT2D eigenvalue weighted by atomic mass is 10.0. The van der Waals surface area contributed by atoms with Crippen LogP contribution >= 0.6 is 11.3 Å². The number of rotatable bonds is 3. The van der Waals surface area contributed by atoms with E-state index >= 15 is 0 Å². The van der Waals surface area contributed by atoms with Crippen molar-refractivity contribution in [3.05, 3.63) is 35.0 Å². The molecular formula is C13H14FNOS. The lowest BCUT2D eigenvalue weighted by Gasteiger charge is -2.11. The predicted molar refractivity (Wildman–Crippen MR) is 67.9 cm³/mol. The molecule has 2 N–H and O–H groups in total. The topological polar surface area (TPSA) is 35.2 Å². The molecule has 2 aromatic rings. The van der Waals surface area contributed by atoms with Crippen molar-refractivity contribution in [2.24, 2.45) is 5.73 Å². The first kappa shape index (κ1) is 11.1. The molecule has 2 nitrogen and oxygen atoms in total. The zero-order valence-corrected chi connectivity index (χ0v) is 10.4. The van der Waals surface area contributed by atoms with Gasteiger partial charge >= 0.3 is 0 Å². The third kappa shape index (κ3) is 1.59. The predicted octanol–water partition coefficient (Wildman–Crippen LogP) is 2.66. The highest BCUT2D eigenvalue weighted by molar-refractivity contribution is 7.19. The van der Waals surface area contributed by atoms with Crippen molar-refractivity contribution in [3.8, 4) is 0 Å². The van der Waals surface area contributed by atoms with E-state index in [9.17, 15) is 4.39 Å². The summed E-state index contributed by atoms with van der Waals surface area (Å²) < 4.78 is 19.5. The molecule has 1 heterocycles. The summed E-state index contributed by atoms with van der Waals surface area (Å²) in [5.74, 6) is -0.188. The van der Waals surface area contributed by atoms with Gasteiger partial charge in [0.15, 0.2) is 0 Å². The number of fused-ring (bicyclic) bond motifs is 1. The van der Waals surface area contributed by atoms with E-state index in [1.165, 1.54) is 10.9 Å². The van der Waals surface area contributed by atoms with E-state index in [0.717, 1.165) is 16.5 Å². The van der Waals surface area contributed by atoms with E-state index in [2.05, 4.69) is 6.07 Å². The maximum atomic E-state index is 13.1. The molecule has 0 radical (unpaired) electrons. The number of benzene rings is 1. The van der Waals surface area contributed by atoms with Crippen LogP contribution in [0.2, 0.25) is 0 Å². The molecule has 0 aliphatic heterocycles. The molecule has 0 bridgehead atoms. The van der Waals surface area contributed by atoms with Crippen molar-refractivity contribution in [3.63, 3.8) is 0 Å². The summed E-state index contributed by atoms with van der Waals surface area (Å²) in [6.45, 7) is 0.584. The van der Waals surface area contributed by atoms with Gasteiger partial charge in [0, 0.05) is 28.6 Å². The van der Waals surface area contributed by atoms with E-state index < -0.39 is 0 Å². The fourth-order valence-corrected chi connectivity index (χ4v) is 3.75. The standard InChI is InChI=1S/C13H14FNOS/c1-16-11-6-13(11,7-15)12-4-8-2-3-9(14)5-10(8)17-12/h2-5,11H,6-7,15H2,1H3/t11-,13-/m1/s1. The van der Waals surface area contributed by atoms with Crippen LogP contribution in [0.5, 0.6) is 0 Å². The number of hydrogen-bond acceptors (Lipinski definition) is 3. The van der Waals surface area contributed by atoms with Crippen molar-refractivity contribution >= 4 is 21.4 Å². The van der Waals surface area contributed by atoms with Gasteiger partial charge in [-0.3, -0.25) is 0 Å². The average molecular weight is 251 g/mol. The number of nitrogens with two attached hydrogens (primary N) is 1. The van der Waals surface area contributed by atoms with E-state index in [0.29, 0.717) is 6.54 Å². The first-order chi connectivity index (χ1) is 8.19. The molecule has 1 fully saturated rings. The van der Waals surface area contributed by atoms with E-state index in [4.69, 9.17) is 10.5 Å². The van der Waals surface area contributed by atoms with Crippen LogP contribution in [0.1, 0.15) is 11.3 Å². The normalized spacial score (nSPS) is 27.6. The van der Waals surface area contributed by atoms with Crippen LogP contribution in [-0.2, 0) is 10.2 Å². The molecule has 3 rings (SSSR count). The van der Waals surface area contributed by atoms with Crippen molar-refractivity contribution in [2.45, 2.75) is 17.9 Å². The van der Waals surface area contributed by atoms with Crippen LogP contribution in [0.4, 0.5) is 4.39 Å². The second-order valence-electron chi connectivity index (χ2n) is 4.58. The zero-order valence-electron chi connectivity index (χ0n) is 9.57. The van der Waals surface area contributed by atoms with Gasteiger partial charge in [0.2, 0.25) is 0 Å². The second kappa shape index (κ2) is 3.77. The van der Waals surface area contributed by atoms with Crippen LogP contribution in [-0.4, -0.2) is 19.8 Å². The molecule has 0 unspecified atom stereocenters. The molecule has 90 valence electrons. The Morgan fingerprint density at radius 3 is 3.00 bits per heavy atom. The Hall–Kier alpha value is -0.970. The van der Waals surface area contributed by atoms with Gasteiger partial charge in [-0.2, -0.15) is 0 Å². The van der Waals surface area contributed by atoms with Gasteiger partial charge in [0.1, 0.15) is 5.82 Å². The molecule has 1 saturated carbocycles. The zero-order chi connectivity index (χ0) is 12.0. The molecule has 0 amide bonds. The fourth-order valence-electron chi connectivity index (χ4n) is 2.41. The van der Waals surface area contributed by atoms with Gasteiger partial charge in [-0.25, -0.2) is 4.39 Å². The number of hydrogen-bond donors (Lipinski definition) is 1. The van der Waals surface area contributed by atoms with Crippen LogP contribution in [0.15, 0.2) is 24.3 Å². The largest absolute Gasteiger partial charge is 0.380 e. The van der Waals surface area contributed by atoms with Crippen molar-refractivity contribution in [1.82, 2.24) is 0 Å². The average Bonchev–Trinajstić information content (AvgIpc) is 2.93. The monoisotopic (exact) mass is 251 g/mol.